The molecule has 0 aromatic carbocycles. The van der Waals surface area contributed by atoms with Crippen LogP contribution in [-0.4, -0.2) is 23.1 Å². The van der Waals surface area contributed by atoms with Gasteiger partial charge in [0, 0.05) is 11.1 Å². The van der Waals surface area contributed by atoms with Gasteiger partial charge in [-0.2, -0.15) is 0 Å². The highest BCUT2D eigenvalue weighted by Crippen LogP contribution is 2.59. The van der Waals surface area contributed by atoms with Crippen molar-refractivity contribution >= 4 is 11.9 Å². The Kier molecular flexibility index (Phi) is 2.85. The molecular formula is C18H22O4. The second kappa shape index (κ2) is 4.46. The molecule has 2 aliphatic heterocycles. The van der Waals surface area contributed by atoms with Gasteiger partial charge in [-0.1, -0.05) is 0 Å². The van der Waals surface area contributed by atoms with Crippen LogP contribution in [0.3, 0.4) is 0 Å². The fourth-order valence-electron chi connectivity index (χ4n) is 5.04. The van der Waals surface area contributed by atoms with Crippen LogP contribution in [0.25, 0.3) is 0 Å². The van der Waals surface area contributed by atoms with Crippen molar-refractivity contribution in [3.8, 4) is 0 Å². The van der Waals surface area contributed by atoms with Crippen LogP contribution < -0.4 is 0 Å². The highest BCUT2D eigenvalue weighted by molar-refractivity contribution is 5.96. The Hall–Kier alpha value is -1.58. The van der Waals surface area contributed by atoms with E-state index in [1.165, 1.54) is 0 Å². The average Bonchev–Trinajstić information content (AvgIpc) is 2.95. The van der Waals surface area contributed by atoms with Crippen molar-refractivity contribution in [2.24, 2.45) is 0 Å². The molecule has 0 saturated heterocycles. The van der Waals surface area contributed by atoms with E-state index < -0.39 is 11.2 Å². The average molecular weight is 302 g/mol. The van der Waals surface area contributed by atoms with Crippen molar-refractivity contribution in [1.29, 1.82) is 0 Å². The van der Waals surface area contributed by atoms with Crippen molar-refractivity contribution in [3.05, 3.63) is 22.3 Å². The Bertz CT molecular complexity index is 585. The molecule has 2 fully saturated rings. The molecule has 0 amide bonds. The minimum atomic E-state index is -0.727. The molecule has 4 heteroatoms. The fourth-order valence-corrected chi connectivity index (χ4v) is 5.04. The molecule has 22 heavy (non-hydrogen) atoms. The first-order valence-electron chi connectivity index (χ1n) is 8.39. The van der Waals surface area contributed by atoms with E-state index in [1.54, 1.807) is 0 Å². The van der Waals surface area contributed by atoms with E-state index >= 15 is 0 Å². The summed E-state index contributed by atoms with van der Waals surface area (Å²) in [6.45, 7) is 3.72. The Morgan fingerprint density at radius 1 is 0.727 bits per heavy atom. The quantitative estimate of drug-likeness (QED) is 0.697. The summed E-state index contributed by atoms with van der Waals surface area (Å²) in [7, 11) is 0. The topological polar surface area (TPSA) is 52.6 Å². The standard InChI is InChI=1S/C18H22O4/c1-11-13-7-3-5-9-17(13,21-15(11)19)18-10-6-4-8-14(18)12(2)16(20)22-18/h3-10H2,1-2H3/t17-,18-/m1/s1. The van der Waals surface area contributed by atoms with Gasteiger partial charge in [0.2, 0.25) is 0 Å². The minimum absolute atomic E-state index is 0.225. The molecule has 0 bridgehead atoms. The maximum absolute atomic E-state index is 12.3. The summed E-state index contributed by atoms with van der Waals surface area (Å²) in [4.78, 5) is 24.6. The molecule has 4 nitrogen and oxygen atoms in total. The number of ether oxygens (including phenoxy) is 2. The van der Waals surface area contributed by atoms with Crippen LogP contribution in [0.1, 0.15) is 65.2 Å². The van der Waals surface area contributed by atoms with Crippen LogP contribution >= 0.6 is 0 Å². The van der Waals surface area contributed by atoms with Crippen molar-refractivity contribution in [3.63, 3.8) is 0 Å². The van der Waals surface area contributed by atoms with E-state index in [0.29, 0.717) is 0 Å². The fraction of sp³-hybridized carbons (Fsp3) is 0.667. The van der Waals surface area contributed by atoms with E-state index in [2.05, 4.69) is 0 Å². The maximum atomic E-state index is 12.3. The van der Waals surface area contributed by atoms with Crippen molar-refractivity contribution in [1.82, 2.24) is 0 Å². The Balaban J connectivity index is 1.92. The van der Waals surface area contributed by atoms with Crippen LogP contribution in [0.5, 0.6) is 0 Å². The zero-order chi connectivity index (χ0) is 15.5. The maximum Gasteiger partial charge on any atom is 0.334 e. The van der Waals surface area contributed by atoms with Crippen LogP contribution in [0.4, 0.5) is 0 Å². The number of hydrogen-bond acceptors (Lipinski definition) is 4. The summed E-state index contributed by atoms with van der Waals surface area (Å²) >= 11 is 0. The molecular weight excluding hydrogens is 280 g/mol. The van der Waals surface area contributed by atoms with Gasteiger partial charge in [-0.25, -0.2) is 9.59 Å². The zero-order valence-corrected chi connectivity index (χ0v) is 13.3. The highest BCUT2D eigenvalue weighted by Gasteiger charge is 2.67. The Labute approximate surface area is 130 Å². The van der Waals surface area contributed by atoms with Gasteiger partial charge in [0.05, 0.1) is 0 Å². The normalized spacial score (nSPS) is 37.9. The lowest BCUT2D eigenvalue weighted by atomic mass is 9.62. The molecule has 2 saturated carbocycles. The van der Waals surface area contributed by atoms with Gasteiger partial charge in [-0.15, -0.1) is 0 Å². The Morgan fingerprint density at radius 3 is 1.55 bits per heavy atom. The number of esters is 2. The number of hydrogen-bond donors (Lipinski definition) is 0. The predicted octanol–water partition coefficient (Wildman–Crippen LogP) is 3.36. The van der Waals surface area contributed by atoms with Crippen molar-refractivity contribution in [2.75, 3.05) is 0 Å². The lowest BCUT2D eigenvalue weighted by Gasteiger charge is -2.50. The van der Waals surface area contributed by atoms with Crippen LogP contribution in [0.2, 0.25) is 0 Å². The largest absolute Gasteiger partial charge is 0.446 e. The summed E-state index contributed by atoms with van der Waals surface area (Å²) < 4.78 is 12.0. The van der Waals surface area contributed by atoms with Gasteiger partial charge in [0.15, 0.2) is 11.2 Å². The van der Waals surface area contributed by atoms with Crippen molar-refractivity contribution < 1.29 is 19.1 Å². The molecule has 0 N–H and O–H groups in total. The SMILES string of the molecule is CC1=C2CCCC[C@@]2([C@@]23CCCCC2=C(C)C(=O)O3)OC1=O. The molecule has 0 aromatic heterocycles. The lowest BCUT2D eigenvalue weighted by Crippen LogP contribution is -2.59. The smallest absolute Gasteiger partial charge is 0.334 e. The number of fused-ring (bicyclic) bond motifs is 3. The third-order valence-corrected chi connectivity index (χ3v) is 6.09. The van der Waals surface area contributed by atoms with Gasteiger partial charge >= 0.3 is 11.9 Å². The molecule has 2 heterocycles. The van der Waals surface area contributed by atoms with Crippen molar-refractivity contribution in [2.45, 2.75) is 76.4 Å². The summed E-state index contributed by atoms with van der Waals surface area (Å²) in [5.74, 6) is -0.450. The lowest BCUT2D eigenvalue weighted by molar-refractivity contribution is -0.189. The molecule has 0 unspecified atom stereocenters. The molecule has 0 aromatic rings. The first-order valence-corrected chi connectivity index (χ1v) is 8.39. The van der Waals surface area contributed by atoms with Crippen LogP contribution in [-0.2, 0) is 19.1 Å². The molecule has 4 rings (SSSR count). The third kappa shape index (κ3) is 1.48. The summed E-state index contributed by atoms with van der Waals surface area (Å²) in [6.07, 6.45) is 7.48. The van der Waals surface area contributed by atoms with Gasteiger partial charge in [0.1, 0.15) is 0 Å². The van der Waals surface area contributed by atoms with Gasteiger partial charge in [0.25, 0.3) is 0 Å². The van der Waals surface area contributed by atoms with E-state index in [-0.39, 0.29) is 11.9 Å². The zero-order valence-electron chi connectivity index (χ0n) is 13.3. The number of rotatable bonds is 1. The minimum Gasteiger partial charge on any atom is -0.446 e. The Morgan fingerprint density at radius 2 is 1.14 bits per heavy atom. The van der Waals surface area contributed by atoms with Gasteiger partial charge in [-0.05, 0) is 76.4 Å². The molecule has 0 radical (unpaired) electrons. The molecule has 2 aliphatic carbocycles. The van der Waals surface area contributed by atoms with Crippen LogP contribution in [0, 0.1) is 0 Å². The van der Waals surface area contributed by atoms with E-state index in [9.17, 15) is 9.59 Å². The van der Waals surface area contributed by atoms with Gasteiger partial charge < -0.3 is 9.47 Å². The summed E-state index contributed by atoms with van der Waals surface area (Å²) in [6, 6.07) is 0. The summed E-state index contributed by atoms with van der Waals surface area (Å²) in [5, 5.41) is 0. The summed E-state index contributed by atoms with van der Waals surface area (Å²) in [5.41, 5.74) is 2.20. The number of carbonyl (C=O) groups excluding carboxylic acids is 2. The molecule has 0 spiro atoms. The van der Waals surface area contributed by atoms with Crippen LogP contribution in [0.15, 0.2) is 22.3 Å². The monoisotopic (exact) mass is 302 g/mol. The first-order chi connectivity index (χ1) is 10.5. The third-order valence-electron chi connectivity index (χ3n) is 6.09. The highest BCUT2D eigenvalue weighted by atomic mass is 16.6. The predicted molar refractivity (Wildman–Crippen MR) is 80.0 cm³/mol. The van der Waals surface area contributed by atoms with Gasteiger partial charge in [-0.3, -0.25) is 0 Å². The number of carbonyl (C=O) groups is 2. The molecule has 118 valence electrons. The second-order valence-corrected chi connectivity index (χ2v) is 7.05. The molecule has 2 atom stereocenters. The van der Waals surface area contributed by atoms with E-state index in [0.717, 1.165) is 73.7 Å². The first kappa shape index (κ1) is 14.0. The molecule has 4 aliphatic rings. The van der Waals surface area contributed by atoms with E-state index in [1.807, 2.05) is 13.8 Å². The second-order valence-electron chi connectivity index (χ2n) is 7.05. The van der Waals surface area contributed by atoms with E-state index in [4.69, 9.17) is 9.47 Å².